The van der Waals surface area contributed by atoms with Gasteiger partial charge in [-0.3, -0.25) is 4.79 Å². The Morgan fingerprint density at radius 1 is 1.24 bits per heavy atom. The molecule has 0 aliphatic carbocycles. The maximum atomic E-state index is 12.2. The van der Waals surface area contributed by atoms with Gasteiger partial charge in [-0.25, -0.2) is 0 Å². The van der Waals surface area contributed by atoms with E-state index in [2.05, 4.69) is 22.8 Å². The largest absolute Gasteiger partial charge is 0.486 e. The van der Waals surface area contributed by atoms with Crippen LogP contribution in [0.25, 0.3) is 0 Å². The van der Waals surface area contributed by atoms with Crippen LogP contribution < -0.4 is 15.4 Å². The molecule has 2 aromatic carbocycles. The molecule has 1 amide bonds. The van der Waals surface area contributed by atoms with Gasteiger partial charge in [-0.2, -0.15) is 0 Å². The lowest BCUT2D eigenvalue weighted by molar-refractivity contribution is -0.119. The van der Waals surface area contributed by atoms with E-state index in [0.29, 0.717) is 0 Å². The number of amides is 1. The van der Waals surface area contributed by atoms with E-state index in [0.717, 1.165) is 42.1 Å². The average Bonchev–Trinajstić information content (AvgIpc) is 3.13. The van der Waals surface area contributed by atoms with E-state index < -0.39 is 0 Å². The first kappa shape index (κ1) is 19.3. The molecule has 0 spiro atoms. The minimum atomic E-state index is -0.0180. The van der Waals surface area contributed by atoms with Gasteiger partial charge in [0.05, 0.1) is 5.92 Å². The summed E-state index contributed by atoms with van der Waals surface area (Å²) < 4.78 is 6.02. The lowest BCUT2D eigenvalue weighted by Gasteiger charge is -2.17. The molecule has 5 heteroatoms. The number of carbonyl (C=O) groups excluding carboxylic acids is 1. The van der Waals surface area contributed by atoms with E-state index in [1.807, 2.05) is 50.2 Å². The third kappa shape index (κ3) is 4.97. The number of ether oxygens (including phenoxy) is 1. The molecule has 1 aliphatic heterocycles. The highest BCUT2D eigenvalue weighted by molar-refractivity contribution is 5.93. The summed E-state index contributed by atoms with van der Waals surface area (Å²) in [6.45, 7) is 5.71. The van der Waals surface area contributed by atoms with Crippen LogP contribution in [0.5, 0.6) is 5.75 Å². The fourth-order valence-corrected chi connectivity index (χ4v) is 2.96. The first-order chi connectivity index (χ1) is 11.6. The normalized spacial score (nSPS) is 17.4. The van der Waals surface area contributed by atoms with Crippen LogP contribution in [0.3, 0.4) is 0 Å². The number of aryl methyl sites for hydroxylation is 1. The topological polar surface area (TPSA) is 50.4 Å². The molecule has 1 saturated heterocycles. The van der Waals surface area contributed by atoms with Crippen molar-refractivity contribution in [2.24, 2.45) is 5.92 Å². The molecule has 1 aliphatic rings. The molecule has 134 valence electrons. The van der Waals surface area contributed by atoms with Crippen LogP contribution in [0.2, 0.25) is 0 Å². The molecular formula is C20H25ClN2O2. The Bertz CT molecular complexity index is 700. The molecule has 0 aromatic heterocycles. The highest BCUT2D eigenvalue weighted by Gasteiger charge is 2.22. The zero-order chi connectivity index (χ0) is 16.9. The Hall–Kier alpha value is -2.04. The van der Waals surface area contributed by atoms with Crippen molar-refractivity contribution in [2.75, 3.05) is 18.4 Å². The monoisotopic (exact) mass is 360 g/mol. The predicted octanol–water partition coefficient (Wildman–Crippen LogP) is 4.10. The van der Waals surface area contributed by atoms with Crippen LogP contribution in [-0.2, 0) is 4.79 Å². The number of nitrogens with one attached hydrogen (secondary N) is 2. The molecule has 2 atom stereocenters. The first-order valence-electron chi connectivity index (χ1n) is 8.47. The average molecular weight is 361 g/mol. The van der Waals surface area contributed by atoms with Gasteiger partial charge in [-0.1, -0.05) is 30.3 Å². The van der Waals surface area contributed by atoms with E-state index in [1.54, 1.807) is 0 Å². The standard InChI is InChI=1S/C20H24N2O2.ClH/c1-14-12-18(24-15(2)16-6-4-3-5-7-16)8-9-19(14)22-20(23)17-10-11-21-13-17;/h3-9,12,15,17,21H,10-11,13H2,1-2H3,(H,22,23);1H. The minimum absolute atomic E-state index is 0. The van der Waals surface area contributed by atoms with Gasteiger partial charge in [0.15, 0.2) is 0 Å². The van der Waals surface area contributed by atoms with Gasteiger partial charge in [0, 0.05) is 12.2 Å². The molecule has 1 fully saturated rings. The summed E-state index contributed by atoms with van der Waals surface area (Å²) in [6.07, 6.45) is 0.885. The molecule has 2 N–H and O–H groups in total. The number of hydrogen-bond acceptors (Lipinski definition) is 3. The summed E-state index contributed by atoms with van der Waals surface area (Å²) in [5.74, 6) is 0.970. The molecule has 4 nitrogen and oxygen atoms in total. The van der Waals surface area contributed by atoms with Gasteiger partial charge in [-0.05, 0) is 56.1 Å². The smallest absolute Gasteiger partial charge is 0.228 e. The number of rotatable bonds is 5. The maximum absolute atomic E-state index is 12.2. The predicted molar refractivity (Wildman–Crippen MR) is 104 cm³/mol. The summed E-state index contributed by atoms with van der Waals surface area (Å²) in [5, 5.41) is 6.25. The fourth-order valence-electron chi connectivity index (χ4n) is 2.96. The second-order valence-corrected chi connectivity index (χ2v) is 6.33. The molecule has 25 heavy (non-hydrogen) atoms. The van der Waals surface area contributed by atoms with Crippen molar-refractivity contribution in [1.82, 2.24) is 5.32 Å². The highest BCUT2D eigenvalue weighted by Crippen LogP contribution is 2.26. The minimum Gasteiger partial charge on any atom is -0.486 e. The summed E-state index contributed by atoms with van der Waals surface area (Å²) in [6, 6.07) is 15.9. The van der Waals surface area contributed by atoms with Crippen molar-refractivity contribution >= 4 is 24.0 Å². The van der Waals surface area contributed by atoms with Crippen molar-refractivity contribution < 1.29 is 9.53 Å². The number of carbonyl (C=O) groups is 1. The fraction of sp³-hybridized carbons (Fsp3) is 0.350. The van der Waals surface area contributed by atoms with Crippen LogP contribution in [0.1, 0.15) is 30.6 Å². The molecule has 2 unspecified atom stereocenters. The summed E-state index contributed by atoms with van der Waals surface area (Å²) in [5.41, 5.74) is 3.00. The Labute approximate surface area is 155 Å². The molecular weight excluding hydrogens is 336 g/mol. The van der Waals surface area contributed by atoms with Crippen molar-refractivity contribution in [1.29, 1.82) is 0 Å². The van der Waals surface area contributed by atoms with Crippen LogP contribution >= 0.6 is 12.4 Å². The number of hydrogen-bond donors (Lipinski definition) is 2. The maximum Gasteiger partial charge on any atom is 0.228 e. The zero-order valence-electron chi connectivity index (χ0n) is 14.6. The van der Waals surface area contributed by atoms with Crippen molar-refractivity contribution in [3.8, 4) is 5.75 Å². The lowest BCUT2D eigenvalue weighted by atomic mass is 10.1. The molecule has 1 heterocycles. The summed E-state index contributed by atoms with van der Waals surface area (Å²) in [4.78, 5) is 12.2. The Morgan fingerprint density at radius 2 is 2.00 bits per heavy atom. The first-order valence-corrected chi connectivity index (χ1v) is 8.47. The molecule has 0 saturated carbocycles. The van der Waals surface area contributed by atoms with Crippen LogP contribution in [-0.4, -0.2) is 19.0 Å². The lowest BCUT2D eigenvalue weighted by Crippen LogP contribution is -2.24. The summed E-state index contributed by atoms with van der Waals surface area (Å²) >= 11 is 0. The zero-order valence-corrected chi connectivity index (χ0v) is 15.4. The molecule has 3 rings (SSSR count). The van der Waals surface area contributed by atoms with Crippen LogP contribution in [0.4, 0.5) is 5.69 Å². The van der Waals surface area contributed by atoms with Gasteiger partial charge in [0.2, 0.25) is 5.91 Å². The van der Waals surface area contributed by atoms with Gasteiger partial charge >= 0.3 is 0 Å². The van der Waals surface area contributed by atoms with Crippen LogP contribution in [0.15, 0.2) is 48.5 Å². The Balaban J connectivity index is 0.00000225. The van der Waals surface area contributed by atoms with Crippen molar-refractivity contribution in [3.63, 3.8) is 0 Å². The van der Waals surface area contributed by atoms with Crippen molar-refractivity contribution in [3.05, 3.63) is 59.7 Å². The number of anilines is 1. The van der Waals surface area contributed by atoms with E-state index in [4.69, 9.17) is 4.74 Å². The third-order valence-corrected chi connectivity index (χ3v) is 4.47. The SMILES string of the molecule is Cc1cc(OC(C)c2ccccc2)ccc1NC(=O)C1CCNC1.Cl. The van der Waals surface area contributed by atoms with E-state index in [-0.39, 0.29) is 30.3 Å². The molecule has 2 aromatic rings. The van der Waals surface area contributed by atoms with Gasteiger partial charge in [0.1, 0.15) is 11.9 Å². The highest BCUT2D eigenvalue weighted by atomic mass is 35.5. The number of benzene rings is 2. The van der Waals surface area contributed by atoms with Gasteiger partial charge in [0.25, 0.3) is 0 Å². The quantitative estimate of drug-likeness (QED) is 0.843. The van der Waals surface area contributed by atoms with Gasteiger partial charge in [-0.15, -0.1) is 12.4 Å². The second-order valence-electron chi connectivity index (χ2n) is 6.33. The number of halogens is 1. The van der Waals surface area contributed by atoms with E-state index in [9.17, 15) is 4.79 Å². The second kappa shape index (κ2) is 8.88. The Morgan fingerprint density at radius 3 is 2.64 bits per heavy atom. The molecule has 0 radical (unpaired) electrons. The van der Waals surface area contributed by atoms with E-state index >= 15 is 0 Å². The van der Waals surface area contributed by atoms with Crippen molar-refractivity contribution in [2.45, 2.75) is 26.4 Å². The molecule has 0 bridgehead atoms. The third-order valence-electron chi connectivity index (χ3n) is 4.47. The van der Waals surface area contributed by atoms with E-state index in [1.165, 1.54) is 0 Å². The summed E-state index contributed by atoms with van der Waals surface area (Å²) in [7, 11) is 0. The Kier molecular flexibility index (Phi) is 6.85. The van der Waals surface area contributed by atoms with Gasteiger partial charge < -0.3 is 15.4 Å². The van der Waals surface area contributed by atoms with Crippen LogP contribution in [0, 0.1) is 12.8 Å².